The Hall–Kier alpha value is -2.51. The molecule has 2 heterocycles. The second-order valence-corrected chi connectivity index (χ2v) is 6.78. The molecule has 8 heteroatoms. The smallest absolute Gasteiger partial charge is 0.326 e. The monoisotopic (exact) mass is 390 g/mol. The molecule has 1 aromatic heterocycles. The molecule has 0 atom stereocenters. The molecule has 0 N–H and O–H groups in total. The van der Waals surface area contributed by atoms with E-state index in [0.29, 0.717) is 5.02 Å². The van der Waals surface area contributed by atoms with Crippen molar-refractivity contribution in [1.82, 2.24) is 9.47 Å². The first-order valence-corrected chi connectivity index (χ1v) is 9.03. The van der Waals surface area contributed by atoms with E-state index in [1.165, 1.54) is 0 Å². The third-order valence-electron chi connectivity index (χ3n) is 3.63. The molecule has 6 nitrogen and oxygen atoms in total. The van der Waals surface area contributed by atoms with E-state index in [0.717, 1.165) is 28.0 Å². The van der Waals surface area contributed by atoms with Crippen LogP contribution in [0.25, 0.3) is 11.8 Å². The van der Waals surface area contributed by atoms with Gasteiger partial charge in [0.05, 0.1) is 11.5 Å². The van der Waals surface area contributed by atoms with E-state index in [1.807, 2.05) is 35.0 Å². The highest BCUT2D eigenvalue weighted by Crippen LogP contribution is 2.32. The Balaban J connectivity index is 1.84. The summed E-state index contributed by atoms with van der Waals surface area (Å²) in [6, 6.07) is 10.9. The first kappa shape index (κ1) is 18.3. The van der Waals surface area contributed by atoms with Gasteiger partial charge in [0.25, 0.3) is 11.1 Å². The molecular weight excluding hydrogens is 376 g/mol. The summed E-state index contributed by atoms with van der Waals surface area (Å²) in [5.41, 5.74) is 1.60. The molecule has 26 heavy (non-hydrogen) atoms. The van der Waals surface area contributed by atoms with Crippen molar-refractivity contribution in [2.45, 2.75) is 6.92 Å². The Kier molecular flexibility index (Phi) is 5.49. The molecular formula is C18H15ClN2O4S. The Labute approximate surface area is 159 Å². The summed E-state index contributed by atoms with van der Waals surface area (Å²) in [6.07, 6.45) is 3.47. The molecule has 0 bridgehead atoms. The Bertz CT molecular complexity index is 889. The predicted molar refractivity (Wildman–Crippen MR) is 100 cm³/mol. The Morgan fingerprint density at radius 1 is 1.23 bits per heavy atom. The van der Waals surface area contributed by atoms with E-state index in [2.05, 4.69) is 0 Å². The van der Waals surface area contributed by atoms with Crippen LogP contribution >= 0.6 is 23.4 Å². The number of thioether (sulfide) groups is 1. The number of amides is 2. The number of hydrogen-bond donors (Lipinski definition) is 0. The van der Waals surface area contributed by atoms with Crippen molar-refractivity contribution in [2.24, 2.45) is 0 Å². The molecule has 0 radical (unpaired) electrons. The number of halogens is 1. The fourth-order valence-corrected chi connectivity index (χ4v) is 3.40. The van der Waals surface area contributed by atoms with Crippen molar-refractivity contribution in [3.05, 3.63) is 58.2 Å². The molecule has 2 aromatic rings. The van der Waals surface area contributed by atoms with Crippen molar-refractivity contribution in [1.29, 1.82) is 0 Å². The standard InChI is InChI=1S/C18H15ClN2O4S/c1-2-25-16(22)11-21-17(23)15(26-18(21)24)10-14-4-3-9-20(14)13-7-5-12(19)6-8-13/h3-10H,2,11H2,1H3/b15-10+. The maximum Gasteiger partial charge on any atom is 0.326 e. The van der Waals surface area contributed by atoms with E-state index in [-0.39, 0.29) is 18.1 Å². The summed E-state index contributed by atoms with van der Waals surface area (Å²) in [7, 11) is 0. The minimum Gasteiger partial charge on any atom is -0.465 e. The third kappa shape index (κ3) is 3.84. The molecule has 0 aliphatic carbocycles. The zero-order valence-electron chi connectivity index (χ0n) is 13.8. The van der Waals surface area contributed by atoms with Gasteiger partial charge in [0.2, 0.25) is 0 Å². The number of imide groups is 1. The largest absolute Gasteiger partial charge is 0.465 e. The van der Waals surface area contributed by atoms with Gasteiger partial charge in [-0.25, -0.2) is 0 Å². The maximum atomic E-state index is 12.5. The lowest BCUT2D eigenvalue weighted by molar-refractivity contribution is -0.145. The number of hydrogen-bond acceptors (Lipinski definition) is 5. The molecule has 1 aliphatic heterocycles. The van der Waals surface area contributed by atoms with Gasteiger partial charge >= 0.3 is 5.97 Å². The minimum atomic E-state index is -0.611. The van der Waals surface area contributed by atoms with E-state index >= 15 is 0 Å². The van der Waals surface area contributed by atoms with Gasteiger partial charge in [-0.2, -0.15) is 0 Å². The lowest BCUT2D eigenvalue weighted by Crippen LogP contribution is -2.34. The normalized spacial score (nSPS) is 15.8. The zero-order chi connectivity index (χ0) is 18.7. The second kappa shape index (κ2) is 7.80. The predicted octanol–water partition coefficient (Wildman–Crippen LogP) is 3.73. The summed E-state index contributed by atoms with van der Waals surface area (Å²) < 4.78 is 6.67. The number of carbonyl (C=O) groups is 3. The van der Waals surface area contributed by atoms with Crippen molar-refractivity contribution < 1.29 is 19.1 Å². The number of rotatable bonds is 5. The fourth-order valence-electron chi connectivity index (χ4n) is 2.45. The van der Waals surface area contributed by atoms with Gasteiger partial charge in [-0.05, 0) is 61.2 Å². The van der Waals surface area contributed by atoms with Gasteiger partial charge < -0.3 is 9.30 Å². The third-order valence-corrected chi connectivity index (χ3v) is 4.79. The summed E-state index contributed by atoms with van der Waals surface area (Å²) >= 11 is 6.72. The topological polar surface area (TPSA) is 68.6 Å². The summed E-state index contributed by atoms with van der Waals surface area (Å²) in [5, 5.41) is 0.140. The van der Waals surface area contributed by atoms with Crippen LogP contribution in [0.2, 0.25) is 5.02 Å². The van der Waals surface area contributed by atoms with Gasteiger partial charge in [-0.1, -0.05) is 11.6 Å². The van der Waals surface area contributed by atoms with Crippen LogP contribution in [0, 0.1) is 0 Å². The first-order chi connectivity index (χ1) is 12.5. The van der Waals surface area contributed by atoms with Gasteiger partial charge in [-0.3, -0.25) is 19.3 Å². The van der Waals surface area contributed by atoms with Crippen molar-refractivity contribution in [2.75, 3.05) is 13.2 Å². The molecule has 0 unspecified atom stereocenters. The molecule has 0 spiro atoms. The Morgan fingerprint density at radius 3 is 2.65 bits per heavy atom. The van der Waals surface area contributed by atoms with Gasteiger partial charge in [0.15, 0.2) is 0 Å². The number of aromatic nitrogens is 1. The lowest BCUT2D eigenvalue weighted by Gasteiger charge is -2.11. The molecule has 0 saturated carbocycles. The Morgan fingerprint density at radius 2 is 1.96 bits per heavy atom. The SMILES string of the molecule is CCOC(=O)CN1C(=O)S/C(=C/c2cccn2-c2ccc(Cl)cc2)C1=O. The molecule has 1 aromatic carbocycles. The lowest BCUT2D eigenvalue weighted by atomic mass is 10.3. The van der Waals surface area contributed by atoms with Crippen LogP contribution in [0.15, 0.2) is 47.5 Å². The van der Waals surface area contributed by atoms with Crippen LogP contribution in [-0.4, -0.2) is 39.7 Å². The van der Waals surface area contributed by atoms with E-state index < -0.39 is 17.1 Å². The van der Waals surface area contributed by atoms with Crippen LogP contribution in [-0.2, 0) is 14.3 Å². The van der Waals surface area contributed by atoms with Gasteiger partial charge in [-0.15, -0.1) is 0 Å². The highest BCUT2D eigenvalue weighted by molar-refractivity contribution is 8.18. The highest BCUT2D eigenvalue weighted by Gasteiger charge is 2.36. The van der Waals surface area contributed by atoms with E-state index in [1.54, 1.807) is 25.1 Å². The zero-order valence-corrected chi connectivity index (χ0v) is 15.4. The van der Waals surface area contributed by atoms with Crippen LogP contribution < -0.4 is 0 Å². The van der Waals surface area contributed by atoms with Crippen molar-refractivity contribution >= 4 is 46.6 Å². The van der Waals surface area contributed by atoms with Crippen LogP contribution in [0.1, 0.15) is 12.6 Å². The van der Waals surface area contributed by atoms with Gasteiger partial charge in [0.1, 0.15) is 6.54 Å². The molecule has 1 fully saturated rings. The number of benzene rings is 1. The van der Waals surface area contributed by atoms with Crippen LogP contribution in [0.4, 0.5) is 4.79 Å². The van der Waals surface area contributed by atoms with Gasteiger partial charge in [0, 0.05) is 22.6 Å². The second-order valence-electron chi connectivity index (χ2n) is 5.35. The van der Waals surface area contributed by atoms with Crippen molar-refractivity contribution in [3.8, 4) is 5.69 Å². The number of nitrogens with zero attached hydrogens (tertiary/aromatic N) is 2. The molecule has 1 aliphatic rings. The number of carbonyl (C=O) groups excluding carboxylic acids is 3. The average molecular weight is 391 g/mol. The minimum absolute atomic E-state index is 0.194. The fraction of sp³-hybridized carbons (Fsp3) is 0.167. The number of ether oxygens (including phenoxy) is 1. The molecule has 1 saturated heterocycles. The van der Waals surface area contributed by atoms with E-state index in [9.17, 15) is 14.4 Å². The van der Waals surface area contributed by atoms with Crippen LogP contribution in [0.3, 0.4) is 0 Å². The average Bonchev–Trinajstić information content (AvgIpc) is 3.16. The molecule has 2 amide bonds. The van der Waals surface area contributed by atoms with Crippen molar-refractivity contribution in [3.63, 3.8) is 0 Å². The molecule has 134 valence electrons. The maximum absolute atomic E-state index is 12.5. The number of esters is 1. The summed E-state index contributed by atoms with van der Waals surface area (Å²) in [6.45, 7) is 1.48. The quantitative estimate of drug-likeness (QED) is 0.574. The van der Waals surface area contributed by atoms with E-state index in [4.69, 9.17) is 16.3 Å². The summed E-state index contributed by atoms with van der Waals surface area (Å²) in [5.74, 6) is -1.11. The summed E-state index contributed by atoms with van der Waals surface area (Å²) in [4.78, 5) is 37.2. The molecule has 3 rings (SSSR count). The first-order valence-electron chi connectivity index (χ1n) is 7.84. The van der Waals surface area contributed by atoms with Crippen LogP contribution in [0.5, 0.6) is 0 Å². The highest BCUT2D eigenvalue weighted by atomic mass is 35.5.